The third-order valence-corrected chi connectivity index (χ3v) is 5.68. The van der Waals surface area contributed by atoms with Gasteiger partial charge in [-0.05, 0) is 45.1 Å². The van der Waals surface area contributed by atoms with Gasteiger partial charge >= 0.3 is 0 Å². The molecule has 1 saturated carbocycles. The predicted molar refractivity (Wildman–Crippen MR) is 69.4 cm³/mol. The average Bonchev–Trinajstić information content (AvgIpc) is 2.98. The number of piperidine rings is 1. The van der Waals surface area contributed by atoms with Crippen LogP contribution in [0, 0.1) is 5.92 Å². The van der Waals surface area contributed by atoms with Crippen molar-refractivity contribution in [1.29, 1.82) is 0 Å². The number of hydrogen-bond acceptors (Lipinski definition) is 3. The maximum atomic E-state index is 11.8. The van der Waals surface area contributed by atoms with Crippen LogP contribution in [0.3, 0.4) is 0 Å². The molecule has 1 aliphatic carbocycles. The lowest BCUT2D eigenvalue weighted by atomic mass is 10.00. The van der Waals surface area contributed by atoms with Crippen LogP contribution in [-0.2, 0) is 10.0 Å². The molecule has 17 heavy (non-hydrogen) atoms. The fourth-order valence-corrected chi connectivity index (χ4v) is 4.22. The highest BCUT2D eigenvalue weighted by molar-refractivity contribution is 7.90. The molecule has 5 heteroatoms. The number of rotatable bonds is 5. The number of nitrogens with one attached hydrogen (secondary N) is 1. The monoisotopic (exact) mass is 260 g/mol. The van der Waals surface area contributed by atoms with E-state index in [1.165, 1.54) is 12.8 Å². The second-order valence-electron chi connectivity index (χ2n) is 5.77. The summed E-state index contributed by atoms with van der Waals surface area (Å²) in [5.41, 5.74) is 0. The Morgan fingerprint density at radius 1 is 1.35 bits per heavy atom. The Kier molecular flexibility index (Phi) is 4.10. The average molecular weight is 260 g/mol. The van der Waals surface area contributed by atoms with Crippen molar-refractivity contribution in [2.45, 2.75) is 50.8 Å². The Hall–Kier alpha value is -0.130. The zero-order chi connectivity index (χ0) is 12.5. The Bertz CT molecular complexity index is 352. The largest absolute Gasteiger partial charge is 0.301 e. The minimum absolute atomic E-state index is 0.0332. The van der Waals surface area contributed by atoms with Crippen molar-refractivity contribution in [2.75, 3.05) is 19.6 Å². The first-order valence-electron chi connectivity index (χ1n) is 6.71. The quantitative estimate of drug-likeness (QED) is 0.808. The molecule has 4 nitrogen and oxygen atoms in total. The molecular weight excluding hydrogens is 236 g/mol. The third kappa shape index (κ3) is 3.93. The van der Waals surface area contributed by atoms with Crippen molar-refractivity contribution >= 4 is 10.0 Å². The van der Waals surface area contributed by atoms with Crippen molar-refractivity contribution in [3.63, 3.8) is 0 Å². The van der Waals surface area contributed by atoms with E-state index in [2.05, 4.69) is 16.5 Å². The van der Waals surface area contributed by atoms with Gasteiger partial charge in [0.05, 0.1) is 5.25 Å². The number of sulfonamides is 1. The minimum atomic E-state index is -3.03. The summed E-state index contributed by atoms with van der Waals surface area (Å²) in [5.74, 6) is 0.746. The molecule has 0 spiro atoms. The van der Waals surface area contributed by atoms with Gasteiger partial charge in [-0.2, -0.15) is 0 Å². The van der Waals surface area contributed by atoms with Crippen LogP contribution in [0.15, 0.2) is 0 Å². The molecule has 100 valence electrons. The van der Waals surface area contributed by atoms with Gasteiger partial charge in [-0.25, -0.2) is 13.1 Å². The van der Waals surface area contributed by atoms with Crippen LogP contribution in [0.1, 0.15) is 39.5 Å². The highest BCUT2D eigenvalue weighted by Gasteiger charge is 2.36. The molecule has 0 aromatic heterocycles. The smallest absolute Gasteiger partial charge is 0.214 e. The lowest BCUT2D eigenvalue weighted by Crippen LogP contribution is -2.45. The molecule has 2 fully saturated rings. The summed E-state index contributed by atoms with van der Waals surface area (Å²) >= 11 is 0. The summed E-state index contributed by atoms with van der Waals surface area (Å²) in [6.45, 7) is 7.30. The molecule has 1 N–H and O–H groups in total. The predicted octanol–water partition coefficient (Wildman–Crippen LogP) is 1.19. The molecule has 1 heterocycles. The molecule has 1 aliphatic heterocycles. The first-order valence-corrected chi connectivity index (χ1v) is 8.25. The van der Waals surface area contributed by atoms with Gasteiger partial charge in [-0.1, -0.05) is 6.92 Å². The van der Waals surface area contributed by atoms with E-state index in [9.17, 15) is 8.42 Å². The Balaban J connectivity index is 1.78. The second-order valence-corrected chi connectivity index (χ2v) is 7.76. The Morgan fingerprint density at radius 2 is 2.06 bits per heavy atom. The highest BCUT2D eigenvalue weighted by atomic mass is 32.2. The van der Waals surface area contributed by atoms with Gasteiger partial charge in [-0.3, -0.25) is 0 Å². The Labute approximate surface area is 105 Å². The maximum absolute atomic E-state index is 11.8. The van der Waals surface area contributed by atoms with E-state index < -0.39 is 10.0 Å². The van der Waals surface area contributed by atoms with E-state index in [0.717, 1.165) is 38.4 Å². The lowest BCUT2D eigenvalue weighted by molar-refractivity contribution is 0.174. The van der Waals surface area contributed by atoms with E-state index in [1.54, 1.807) is 0 Å². The van der Waals surface area contributed by atoms with E-state index in [1.807, 2.05) is 6.92 Å². The lowest BCUT2D eigenvalue weighted by Gasteiger charge is -2.32. The van der Waals surface area contributed by atoms with Crippen LogP contribution >= 0.6 is 0 Å². The number of hydrogen-bond donors (Lipinski definition) is 1. The zero-order valence-electron chi connectivity index (χ0n) is 10.9. The fourth-order valence-electron chi connectivity index (χ4n) is 2.63. The fraction of sp³-hybridized carbons (Fsp3) is 1.00. The molecule has 0 unspecified atom stereocenters. The van der Waals surface area contributed by atoms with Gasteiger partial charge in [0.1, 0.15) is 0 Å². The van der Waals surface area contributed by atoms with Crippen molar-refractivity contribution < 1.29 is 8.42 Å². The number of likely N-dealkylation sites (tertiary alicyclic amines) is 1. The molecule has 0 aromatic rings. The summed E-state index contributed by atoms with van der Waals surface area (Å²) in [6, 6.07) is 0.0332. The maximum Gasteiger partial charge on any atom is 0.214 e. The topological polar surface area (TPSA) is 49.4 Å². The van der Waals surface area contributed by atoms with Gasteiger partial charge in [0, 0.05) is 19.1 Å². The summed E-state index contributed by atoms with van der Waals surface area (Å²) in [6.07, 6.45) is 4.22. The van der Waals surface area contributed by atoms with Gasteiger partial charge < -0.3 is 4.90 Å². The van der Waals surface area contributed by atoms with Crippen molar-refractivity contribution in [1.82, 2.24) is 9.62 Å². The van der Waals surface area contributed by atoms with Crippen molar-refractivity contribution in [3.8, 4) is 0 Å². The van der Waals surface area contributed by atoms with Crippen molar-refractivity contribution in [2.24, 2.45) is 5.92 Å². The molecule has 0 aromatic carbocycles. The number of nitrogens with zero attached hydrogens (tertiary/aromatic N) is 1. The van der Waals surface area contributed by atoms with Crippen LogP contribution < -0.4 is 4.72 Å². The summed E-state index contributed by atoms with van der Waals surface area (Å²) < 4.78 is 26.4. The standard InChI is InChI=1S/C12H24N2O2S/c1-10-4-3-7-14(8-10)9-11(2)13-17(15,16)12-5-6-12/h10-13H,3-9H2,1-2H3/t10-,11+/m0/s1. The zero-order valence-corrected chi connectivity index (χ0v) is 11.7. The SMILES string of the molecule is C[C@H]1CCCN(C[C@@H](C)NS(=O)(=O)C2CC2)C1. The Morgan fingerprint density at radius 3 is 2.65 bits per heavy atom. The van der Waals surface area contributed by atoms with E-state index in [0.29, 0.717) is 0 Å². The minimum Gasteiger partial charge on any atom is -0.301 e. The second kappa shape index (κ2) is 5.24. The van der Waals surface area contributed by atoms with Crippen LogP contribution in [0.5, 0.6) is 0 Å². The molecule has 2 atom stereocenters. The molecule has 0 bridgehead atoms. The summed E-state index contributed by atoms with van der Waals surface area (Å²) in [4.78, 5) is 2.38. The molecular formula is C12H24N2O2S. The molecule has 0 radical (unpaired) electrons. The van der Waals surface area contributed by atoms with Crippen LogP contribution in [0.25, 0.3) is 0 Å². The molecule has 2 rings (SSSR count). The van der Waals surface area contributed by atoms with Gasteiger partial charge in [-0.15, -0.1) is 0 Å². The first-order chi connectivity index (χ1) is 7.97. The van der Waals surface area contributed by atoms with Gasteiger partial charge in [0.25, 0.3) is 0 Å². The van der Waals surface area contributed by atoms with Crippen molar-refractivity contribution in [3.05, 3.63) is 0 Å². The molecule has 1 saturated heterocycles. The third-order valence-electron chi connectivity index (χ3n) is 3.60. The van der Waals surface area contributed by atoms with Gasteiger partial charge in [0.2, 0.25) is 10.0 Å². The van der Waals surface area contributed by atoms with E-state index in [-0.39, 0.29) is 11.3 Å². The first kappa shape index (κ1) is 13.3. The van der Waals surface area contributed by atoms with Gasteiger partial charge in [0.15, 0.2) is 0 Å². The van der Waals surface area contributed by atoms with Crippen LogP contribution in [0.2, 0.25) is 0 Å². The summed E-state index contributed by atoms with van der Waals surface area (Å²) in [5, 5.41) is -0.106. The molecule has 0 amide bonds. The highest BCUT2D eigenvalue weighted by Crippen LogP contribution is 2.27. The van der Waals surface area contributed by atoms with E-state index >= 15 is 0 Å². The van der Waals surface area contributed by atoms with Crippen LogP contribution in [-0.4, -0.2) is 44.2 Å². The normalized spacial score (nSPS) is 29.2. The molecule has 2 aliphatic rings. The summed E-state index contributed by atoms with van der Waals surface area (Å²) in [7, 11) is -3.03. The van der Waals surface area contributed by atoms with Crippen LogP contribution in [0.4, 0.5) is 0 Å². The van der Waals surface area contributed by atoms with E-state index in [4.69, 9.17) is 0 Å².